The van der Waals surface area contributed by atoms with Gasteiger partial charge >= 0.3 is 0 Å². The molecule has 7 heteroatoms. The molecular formula is C16H17N3O4. The Labute approximate surface area is 133 Å². The average molecular weight is 315 g/mol. The summed E-state index contributed by atoms with van der Waals surface area (Å²) in [6, 6.07) is 12.6. The maximum absolute atomic E-state index is 10.8. The highest BCUT2D eigenvalue weighted by molar-refractivity contribution is 5.65. The molecule has 0 radical (unpaired) electrons. The van der Waals surface area contributed by atoms with E-state index in [1.54, 1.807) is 24.3 Å². The van der Waals surface area contributed by atoms with Crippen molar-refractivity contribution in [1.29, 1.82) is 0 Å². The Balaban J connectivity index is 2.32. The van der Waals surface area contributed by atoms with Gasteiger partial charge in [-0.3, -0.25) is 20.2 Å². The van der Waals surface area contributed by atoms with Crippen molar-refractivity contribution in [3.63, 3.8) is 0 Å². The molecule has 0 fully saturated rings. The fourth-order valence-corrected chi connectivity index (χ4v) is 2.23. The van der Waals surface area contributed by atoms with Crippen molar-refractivity contribution in [3.05, 3.63) is 68.8 Å². The first-order valence-corrected chi connectivity index (χ1v) is 7.29. The highest BCUT2D eigenvalue weighted by Crippen LogP contribution is 2.29. The van der Waals surface area contributed by atoms with E-state index in [2.05, 4.69) is 6.92 Å². The molecule has 0 bridgehead atoms. The van der Waals surface area contributed by atoms with E-state index in [-0.39, 0.29) is 11.4 Å². The minimum Gasteiger partial charge on any atom is -0.341 e. The molecule has 0 aliphatic heterocycles. The molecule has 0 saturated heterocycles. The van der Waals surface area contributed by atoms with Crippen molar-refractivity contribution in [2.75, 3.05) is 11.4 Å². The Kier molecular flexibility index (Phi) is 5.24. The van der Waals surface area contributed by atoms with E-state index in [9.17, 15) is 20.2 Å². The maximum atomic E-state index is 10.8. The zero-order valence-electron chi connectivity index (χ0n) is 12.7. The lowest BCUT2D eigenvalue weighted by Crippen LogP contribution is -2.18. The van der Waals surface area contributed by atoms with Crippen LogP contribution in [0.3, 0.4) is 0 Å². The summed E-state index contributed by atoms with van der Waals surface area (Å²) in [5.41, 5.74) is 1.71. The SMILES string of the molecule is CCCCN(c1ccc([N+](=O)[O-])cc1)c1ccc([N+](=O)[O-])cc1. The van der Waals surface area contributed by atoms with Crippen LogP contribution in [0.1, 0.15) is 19.8 Å². The highest BCUT2D eigenvalue weighted by atomic mass is 16.6. The smallest absolute Gasteiger partial charge is 0.269 e. The number of nitro benzene ring substituents is 2. The molecule has 0 aliphatic rings. The second kappa shape index (κ2) is 7.35. The number of rotatable bonds is 7. The number of benzene rings is 2. The summed E-state index contributed by atoms with van der Waals surface area (Å²) >= 11 is 0. The molecule has 0 unspecified atom stereocenters. The van der Waals surface area contributed by atoms with Crippen LogP contribution in [0.5, 0.6) is 0 Å². The van der Waals surface area contributed by atoms with Gasteiger partial charge in [0.05, 0.1) is 9.85 Å². The lowest BCUT2D eigenvalue weighted by molar-refractivity contribution is -0.385. The predicted molar refractivity (Wildman–Crippen MR) is 88.1 cm³/mol. The molecule has 0 aliphatic carbocycles. The second-order valence-electron chi connectivity index (χ2n) is 5.05. The van der Waals surface area contributed by atoms with E-state index < -0.39 is 9.85 Å². The molecule has 0 amide bonds. The van der Waals surface area contributed by atoms with Gasteiger partial charge in [0.1, 0.15) is 0 Å². The first-order valence-electron chi connectivity index (χ1n) is 7.29. The van der Waals surface area contributed by atoms with Crippen LogP contribution < -0.4 is 4.90 Å². The lowest BCUT2D eigenvalue weighted by Gasteiger charge is -2.24. The molecule has 7 nitrogen and oxygen atoms in total. The standard InChI is InChI=1S/C16H17N3O4/c1-2-3-12-17(13-4-8-15(9-5-13)18(20)21)14-6-10-16(11-7-14)19(22)23/h4-11H,2-3,12H2,1H3. The molecule has 120 valence electrons. The van der Waals surface area contributed by atoms with E-state index in [0.717, 1.165) is 30.8 Å². The Morgan fingerprint density at radius 1 is 0.826 bits per heavy atom. The molecule has 0 spiro atoms. The van der Waals surface area contributed by atoms with Crippen LogP contribution in [0, 0.1) is 20.2 Å². The van der Waals surface area contributed by atoms with Crippen LogP contribution in [0.2, 0.25) is 0 Å². The Bertz CT molecular complexity index is 626. The van der Waals surface area contributed by atoms with Gasteiger partial charge in [-0.2, -0.15) is 0 Å². The van der Waals surface area contributed by atoms with Crippen molar-refractivity contribution < 1.29 is 9.85 Å². The Morgan fingerprint density at radius 2 is 1.22 bits per heavy atom. The van der Waals surface area contributed by atoms with Gasteiger partial charge in [-0.15, -0.1) is 0 Å². The molecule has 0 aromatic heterocycles. The van der Waals surface area contributed by atoms with Crippen LogP contribution in [0.15, 0.2) is 48.5 Å². The lowest BCUT2D eigenvalue weighted by atomic mass is 10.2. The molecule has 0 saturated carbocycles. The Morgan fingerprint density at radius 3 is 1.52 bits per heavy atom. The largest absolute Gasteiger partial charge is 0.341 e. The van der Waals surface area contributed by atoms with Gasteiger partial charge in [0.25, 0.3) is 11.4 Å². The van der Waals surface area contributed by atoms with Crippen molar-refractivity contribution >= 4 is 22.7 Å². The number of hydrogen-bond acceptors (Lipinski definition) is 5. The summed E-state index contributed by atoms with van der Waals surface area (Å²) in [4.78, 5) is 22.6. The van der Waals surface area contributed by atoms with Gasteiger partial charge < -0.3 is 4.90 Å². The third-order valence-corrected chi connectivity index (χ3v) is 3.48. The number of hydrogen-bond donors (Lipinski definition) is 0. The monoisotopic (exact) mass is 315 g/mol. The average Bonchev–Trinajstić information content (AvgIpc) is 2.56. The minimum atomic E-state index is -0.438. The van der Waals surface area contributed by atoms with Crippen LogP contribution in [0.4, 0.5) is 22.7 Å². The molecule has 2 aromatic carbocycles. The normalized spacial score (nSPS) is 10.3. The zero-order chi connectivity index (χ0) is 16.8. The zero-order valence-corrected chi connectivity index (χ0v) is 12.7. The molecule has 23 heavy (non-hydrogen) atoms. The van der Waals surface area contributed by atoms with Crippen LogP contribution in [-0.4, -0.2) is 16.4 Å². The van der Waals surface area contributed by atoms with E-state index >= 15 is 0 Å². The molecule has 2 rings (SSSR count). The number of nitro groups is 2. The number of nitrogens with zero attached hydrogens (tertiary/aromatic N) is 3. The summed E-state index contributed by atoms with van der Waals surface area (Å²) in [5.74, 6) is 0. The van der Waals surface area contributed by atoms with Gasteiger partial charge in [0.2, 0.25) is 0 Å². The first-order chi connectivity index (χ1) is 11.0. The van der Waals surface area contributed by atoms with Gasteiger partial charge in [0, 0.05) is 42.2 Å². The van der Waals surface area contributed by atoms with Crippen LogP contribution >= 0.6 is 0 Å². The minimum absolute atomic E-state index is 0.0351. The van der Waals surface area contributed by atoms with Crippen molar-refractivity contribution in [2.24, 2.45) is 0 Å². The summed E-state index contributed by atoms with van der Waals surface area (Å²) in [7, 11) is 0. The fourth-order valence-electron chi connectivity index (χ4n) is 2.23. The second-order valence-corrected chi connectivity index (χ2v) is 5.05. The third kappa shape index (κ3) is 4.03. The molecule has 2 aromatic rings. The number of non-ortho nitro benzene ring substituents is 2. The first kappa shape index (κ1) is 16.4. The summed E-state index contributed by atoms with van der Waals surface area (Å²) < 4.78 is 0. The quantitative estimate of drug-likeness (QED) is 0.556. The molecule has 0 N–H and O–H groups in total. The molecular weight excluding hydrogens is 298 g/mol. The van der Waals surface area contributed by atoms with Crippen LogP contribution in [-0.2, 0) is 0 Å². The van der Waals surface area contributed by atoms with E-state index in [1.807, 2.05) is 4.90 Å². The number of unbranched alkanes of at least 4 members (excludes halogenated alkanes) is 1. The van der Waals surface area contributed by atoms with Crippen LogP contribution in [0.25, 0.3) is 0 Å². The number of anilines is 2. The van der Waals surface area contributed by atoms with E-state index in [0.29, 0.717) is 0 Å². The van der Waals surface area contributed by atoms with Gasteiger partial charge in [-0.25, -0.2) is 0 Å². The van der Waals surface area contributed by atoms with Gasteiger partial charge in [0.15, 0.2) is 0 Å². The molecule has 0 heterocycles. The highest BCUT2D eigenvalue weighted by Gasteiger charge is 2.13. The predicted octanol–water partition coefficient (Wildman–Crippen LogP) is 4.44. The van der Waals surface area contributed by atoms with Crippen molar-refractivity contribution in [1.82, 2.24) is 0 Å². The van der Waals surface area contributed by atoms with E-state index in [1.165, 1.54) is 24.3 Å². The van der Waals surface area contributed by atoms with Gasteiger partial charge in [-0.1, -0.05) is 13.3 Å². The third-order valence-electron chi connectivity index (χ3n) is 3.48. The van der Waals surface area contributed by atoms with Crippen molar-refractivity contribution in [2.45, 2.75) is 19.8 Å². The topological polar surface area (TPSA) is 89.5 Å². The van der Waals surface area contributed by atoms with E-state index in [4.69, 9.17) is 0 Å². The molecule has 0 atom stereocenters. The maximum Gasteiger partial charge on any atom is 0.269 e. The Hall–Kier alpha value is -2.96. The van der Waals surface area contributed by atoms with Gasteiger partial charge in [-0.05, 0) is 30.7 Å². The van der Waals surface area contributed by atoms with Crippen molar-refractivity contribution in [3.8, 4) is 0 Å². The summed E-state index contributed by atoms with van der Waals surface area (Å²) in [5, 5.41) is 21.5. The summed E-state index contributed by atoms with van der Waals surface area (Å²) in [6.45, 7) is 2.80. The fraction of sp³-hybridized carbons (Fsp3) is 0.250. The summed E-state index contributed by atoms with van der Waals surface area (Å²) in [6.07, 6.45) is 1.93.